The molecule has 0 aliphatic carbocycles. The van der Waals surface area contributed by atoms with Crippen LogP contribution >= 0.6 is 0 Å². The summed E-state index contributed by atoms with van der Waals surface area (Å²) in [6, 6.07) is 0. The minimum atomic E-state index is -0.426. The van der Waals surface area contributed by atoms with Gasteiger partial charge < -0.3 is 14.0 Å². The van der Waals surface area contributed by atoms with Crippen molar-refractivity contribution in [1.82, 2.24) is 0 Å². The average molecular weight is 284 g/mol. The number of hydrogen-bond acceptors (Lipinski definition) is 4. The largest absolute Gasteiger partial charge is 0.460 e. The fourth-order valence-electron chi connectivity index (χ4n) is 2.00. The van der Waals surface area contributed by atoms with Gasteiger partial charge in [0, 0.05) is 6.42 Å². The Kier molecular flexibility index (Phi) is 4.97. The van der Waals surface area contributed by atoms with Crippen LogP contribution in [0.2, 0.25) is 5.82 Å². The maximum Gasteiger partial charge on any atom is 0.460 e. The van der Waals surface area contributed by atoms with Crippen LogP contribution in [0.25, 0.3) is 0 Å². The van der Waals surface area contributed by atoms with Gasteiger partial charge in [-0.2, -0.15) is 0 Å². The SMILES string of the molecule is C[C@@H](CCC(=O)OC(C)(C)C)B1OC(C)(C)C(C)(C)O1. The van der Waals surface area contributed by atoms with Crippen molar-refractivity contribution in [1.29, 1.82) is 0 Å². The lowest BCUT2D eigenvalue weighted by Gasteiger charge is -2.32. The fraction of sp³-hybridized carbons (Fsp3) is 0.933. The zero-order valence-corrected chi connectivity index (χ0v) is 14.2. The molecule has 0 aromatic rings. The van der Waals surface area contributed by atoms with Crippen molar-refractivity contribution in [3.8, 4) is 0 Å². The summed E-state index contributed by atoms with van der Waals surface area (Å²) in [4.78, 5) is 11.7. The van der Waals surface area contributed by atoms with Crippen molar-refractivity contribution in [3.63, 3.8) is 0 Å². The van der Waals surface area contributed by atoms with Gasteiger partial charge in [0.2, 0.25) is 0 Å². The molecule has 116 valence electrons. The van der Waals surface area contributed by atoms with Crippen LogP contribution in [0, 0.1) is 0 Å². The zero-order chi connectivity index (χ0) is 15.8. The van der Waals surface area contributed by atoms with Crippen molar-refractivity contribution < 1.29 is 18.8 Å². The molecule has 0 aromatic heterocycles. The van der Waals surface area contributed by atoms with E-state index in [-0.39, 0.29) is 30.1 Å². The van der Waals surface area contributed by atoms with Gasteiger partial charge in [-0.25, -0.2) is 0 Å². The lowest BCUT2D eigenvalue weighted by atomic mass is 9.71. The molecule has 5 heteroatoms. The van der Waals surface area contributed by atoms with Gasteiger partial charge in [-0.05, 0) is 60.7 Å². The molecule has 1 heterocycles. The molecule has 1 atom stereocenters. The van der Waals surface area contributed by atoms with Crippen LogP contribution < -0.4 is 0 Å². The van der Waals surface area contributed by atoms with Crippen molar-refractivity contribution >= 4 is 13.1 Å². The molecule has 0 saturated carbocycles. The lowest BCUT2D eigenvalue weighted by Crippen LogP contribution is -2.41. The second-order valence-electron chi connectivity index (χ2n) is 7.73. The van der Waals surface area contributed by atoms with Crippen molar-refractivity contribution in [2.24, 2.45) is 0 Å². The predicted molar refractivity (Wildman–Crippen MR) is 80.6 cm³/mol. The van der Waals surface area contributed by atoms with E-state index in [0.717, 1.165) is 0 Å². The van der Waals surface area contributed by atoms with Crippen LogP contribution in [-0.2, 0) is 18.8 Å². The maximum atomic E-state index is 11.7. The normalized spacial score (nSPS) is 22.7. The second kappa shape index (κ2) is 5.68. The maximum absolute atomic E-state index is 11.7. The van der Waals surface area contributed by atoms with Gasteiger partial charge in [-0.1, -0.05) is 6.92 Å². The fourth-order valence-corrected chi connectivity index (χ4v) is 2.00. The molecular weight excluding hydrogens is 255 g/mol. The Morgan fingerprint density at radius 2 is 1.60 bits per heavy atom. The van der Waals surface area contributed by atoms with Crippen LogP contribution in [0.1, 0.15) is 68.2 Å². The van der Waals surface area contributed by atoms with Gasteiger partial charge in [-0.15, -0.1) is 0 Å². The highest BCUT2D eigenvalue weighted by atomic mass is 16.7. The Morgan fingerprint density at radius 1 is 1.15 bits per heavy atom. The minimum absolute atomic E-state index is 0.156. The third-order valence-electron chi connectivity index (χ3n) is 3.96. The molecule has 1 rings (SSSR count). The molecule has 0 unspecified atom stereocenters. The summed E-state index contributed by atoms with van der Waals surface area (Å²) in [7, 11) is -0.262. The molecule has 4 nitrogen and oxygen atoms in total. The first kappa shape index (κ1) is 17.5. The molecule has 0 spiro atoms. The predicted octanol–water partition coefficient (Wildman–Crippen LogP) is 3.59. The third-order valence-corrected chi connectivity index (χ3v) is 3.96. The molecule has 20 heavy (non-hydrogen) atoms. The quantitative estimate of drug-likeness (QED) is 0.584. The molecule has 1 fully saturated rings. The molecule has 0 N–H and O–H groups in total. The summed E-state index contributed by atoms with van der Waals surface area (Å²) in [6.07, 6.45) is 1.09. The summed E-state index contributed by atoms with van der Waals surface area (Å²) >= 11 is 0. The van der Waals surface area contributed by atoms with E-state index in [1.54, 1.807) is 0 Å². The number of ether oxygens (including phenoxy) is 1. The highest BCUT2D eigenvalue weighted by molar-refractivity contribution is 6.47. The monoisotopic (exact) mass is 284 g/mol. The first-order chi connectivity index (χ1) is 8.84. The molecule has 0 bridgehead atoms. The Hall–Kier alpha value is -0.545. The van der Waals surface area contributed by atoms with Crippen LogP contribution in [0.3, 0.4) is 0 Å². The van der Waals surface area contributed by atoms with Crippen LogP contribution in [0.5, 0.6) is 0 Å². The van der Waals surface area contributed by atoms with Gasteiger partial charge in [0.25, 0.3) is 0 Å². The lowest BCUT2D eigenvalue weighted by molar-refractivity contribution is -0.154. The molecule has 1 saturated heterocycles. The van der Waals surface area contributed by atoms with Gasteiger partial charge >= 0.3 is 13.1 Å². The van der Waals surface area contributed by atoms with Crippen molar-refractivity contribution in [2.45, 2.75) is 90.9 Å². The standard InChI is InChI=1S/C15H29BO4/c1-11(9-10-12(17)18-13(2,3)4)16-19-14(5,6)15(7,8)20-16/h11H,9-10H2,1-8H3/t11-/m0/s1. The Labute approximate surface area is 123 Å². The van der Waals surface area contributed by atoms with Gasteiger partial charge in [0.05, 0.1) is 11.2 Å². The average Bonchev–Trinajstić information content (AvgIpc) is 2.42. The Morgan fingerprint density at radius 3 is 2.00 bits per heavy atom. The van der Waals surface area contributed by atoms with E-state index >= 15 is 0 Å². The van der Waals surface area contributed by atoms with Gasteiger partial charge in [0.15, 0.2) is 0 Å². The van der Waals surface area contributed by atoms with E-state index in [2.05, 4.69) is 0 Å². The van der Waals surface area contributed by atoms with Gasteiger partial charge in [0.1, 0.15) is 5.60 Å². The first-order valence-corrected chi connectivity index (χ1v) is 7.41. The molecule has 0 radical (unpaired) electrons. The van der Waals surface area contributed by atoms with E-state index in [1.807, 2.05) is 55.4 Å². The molecular formula is C15H29BO4. The summed E-state index contributed by atoms with van der Waals surface area (Å²) in [6.45, 7) is 15.8. The summed E-state index contributed by atoms with van der Waals surface area (Å²) in [5.41, 5.74) is -1.07. The highest BCUT2D eigenvalue weighted by Crippen LogP contribution is 2.40. The van der Waals surface area contributed by atoms with Crippen LogP contribution in [0.4, 0.5) is 0 Å². The summed E-state index contributed by atoms with van der Waals surface area (Å²) < 4.78 is 17.3. The Bertz CT molecular complexity index is 341. The Balaban J connectivity index is 2.46. The van der Waals surface area contributed by atoms with E-state index in [9.17, 15) is 4.79 Å². The van der Waals surface area contributed by atoms with E-state index in [0.29, 0.717) is 12.8 Å². The van der Waals surface area contributed by atoms with E-state index < -0.39 is 5.60 Å². The smallest absolute Gasteiger partial charge is 0.460 e. The number of esters is 1. The number of carbonyl (C=O) groups is 1. The van der Waals surface area contributed by atoms with Crippen molar-refractivity contribution in [2.75, 3.05) is 0 Å². The first-order valence-electron chi connectivity index (χ1n) is 7.41. The number of carbonyl (C=O) groups excluding carboxylic acids is 1. The van der Waals surface area contributed by atoms with Crippen LogP contribution in [0.15, 0.2) is 0 Å². The number of rotatable bonds is 4. The summed E-state index contributed by atoms with van der Waals surface area (Å²) in [5, 5.41) is 0. The van der Waals surface area contributed by atoms with E-state index in [1.165, 1.54) is 0 Å². The second-order valence-corrected chi connectivity index (χ2v) is 7.73. The highest BCUT2D eigenvalue weighted by Gasteiger charge is 2.52. The van der Waals surface area contributed by atoms with E-state index in [4.69, 9.17) is 14.0 Å². The van der Waals surface area contributed by atoms with Gasteiger partial charge in [-0.3, -0.25) is 4.79 Å². The molecule has 1 aliphatic rings. The van der Waals surface area contributed by atoms with Crippen molar-refractivity contribution in [3.05, 3.63) is 0 Å². The topological polar surface area (TPSA) is 44.8 Å². The molecule has 0 amide bonds. The number of hydrogen-bond donors (Lipinski definition) is 0. The minimum Gasteiger partial charge on any atom is -0.460 e. The zero-order valence-electron chi connectivity index (χ0n) is 14.2. The molecule has 1 aliphatic heterocycles. The summed E-state index contributed by atoms with van der Waals surface area (Å²) in [5.74, 6) is -0.00978. The van der Waals surface area contributed by atoms with Crippen LogP contribution in [-0.4, -0.2) is 29.9 Å². The molecule has 0 aromatic carbocycles. The third kappa shape index (κ3) is 4.49.